The summed E-state index contributed by atoms with van der Waals surface area (Å²) in [6, 6.07) is 9.71. The summed E-state index contributed by atoms with van der Waals surface area (Å²) in [4.78, 5) is 0. The van der Waals surface area contributed by atoms with Crippen LogP contribution in [0.5, 0.6) is 5.75 Å². The highest BCUT2D eigenvalue weighted by molar-refractivity contribution is 9.10. The van der Waals surface area contributed by atoms with E-state index in [0.717, 1.165) is 22.2 Å². The van der Waals surface area contributed by atoms with Crippen LogP contribution in [0.3, 0.4) is 0 Å². The standard InChI is InChI=1S/C15H12BrClF2O/c1-20-11-7-13(18)15(14(19)8-11)12(17)6-9-2-4-10(16)5-3-9/h2-5,7-8,12H,6H2,1H3. The molecule has 0 N–H and O–H groups in total. The molecule has 1 nitrogen and oxygen atoms in total. The fourth-order valence-electron chi connectivity index (χ4n) is 1.91. The first-order valence-electron chi connectivity index (χ1n) is 5.92. The van der Waals surface area contributed by atoms with Gasteiger partial charge in [-0.3, -0.25) is 0 Å². The van der Waals surface area contributed by atoms with Gasteiger partial charge in [0, 0.05) is 22.2 Å². The van der Waals surface area contributed by atoms with Crippen LogP contribution in [0.1, 0.15) is 16.5 Å². The molecule has 0 aliphatic heterocycles. The van der Waals surface area contributed by atoms with E-state index in [4.69, 9.17) is 16.3 Å². The number of rotatable bonds is 4. The number of methoxy groups -OCH3 is 1. The van der Waals surface area contributed by atoms with E-state index in [-0.39, 0.29) is 11.3 Å². The molecule has 0 heterocycles. The minimum absolute atomic E-state index is 0.129. The van der Waals surface area contributed by atoms with Gasteiger partial charge in [0.2, 0.25) is 0 Å². The highest BCUT2D eigenvalue weighted by Gasteiger charge is 2.20. The summed E-state index contributed by atoms with van der Waals surface area (Å²) in [7, 11) is 1.36. The van der Waals surface area contributed by atoms with Gasteiger partial charge < -0.3 is 4.74 Å². The first kappa shape index (κ1) is 15.3. The average Bonchev–Trinajstić information content (AvgIpc) is 2.40. The van der Waals surface area contributed by atoms with Crippen LogP contribution in [-0.2, 0) is 6.42 Å². The summed E-state index contributed by atoms with van der Waals surface area (Å²) in [5.41, 5.74) is 0.776. The summed E-state index contributed by atoms with van der Waals surface area (Å²) in [5, 5.41) is -0.776. The van der Waals surface area contributed by atoms with E-state index in [1.54, 1.807) is 0 Å². The Labute approximate surface area is 129 Å². The van der Waals surface area contributed by atoms with Gasteiger partial charge in [0.15, 0.2) is 0 Å². The molecule has 0 bridgehead atoms. The summed E-state index contributed by atoms with van der Waals surface area (Å²) >= 11 is 9.48. The van der Waals surface area contributed by atoms with Crippen LogP contribution in [0.25, 0.3) is 0 Å². The van der Waals surface area contributed by atoms with Crippen molar-refractivity contribution >= 4 is 27.5 Å². The lowest BCUT2D eigenvalue weighted by Gasteiger charge is -2.13. The van der Waals surface area contributed by atoms with E-state index in [9.17, 15) is 8.78 Å². The number of ether oxygens (including phenoxy) is 1. The third kappa shape index (κ3) is 3.49. The van der Waals surface area contributed by atoms with Crippen molar-refractivity contribution in [2.24, 2.45) is 0 Å². The third-order valence-corrected chi connectivity index (χ3v) is 3.83. The summed E-state index contributed by atoms with van der Waals surface area (Å²) in [6.07, 6.45) is 0.342. The number of alkyl halides is 1. The normalized spacial score (nSPS) is 12.2. The van der Waals surface area contributed by atoms with Gasteiger partial charge in [-0.15, -0.1) is 11.6 Å². The fraction of sp³-hybridized carbons (Fsp3) is 0.200. The van der Waals surface area contributed by atoms with Crippen molar-refractivity contribution in [2.75, 3.05) is 7.11 Å². The van der Waals surface area contributed by atoms with E-state index in [0.29, 0.717) is 6.42 Å². The van der Waals surface area contributed by atoms with E-state index < -0.39 is 17.0 Å². The largest absolute Gasteiger partial charge is 0.497 e. The molecule has 0 amide bonds. The van der Waals surface area contributed by atoms with Crippen molar-refractivity contribution in [2.45, 2.75) is 11.8 Å². The fourth-order valence-corrected chi connectivity index (χ4v) is 2.56. The monoisotopic (exact) mass is 360 g/mol. The van der Waals surface area contributed by atoms with Crippen LogP contribution in [0.15, 0.2) is 40.9 Å². The molecular formula is C15H12BrClF2O. The molecule has 0 spiro atoms. The Balaban J connectivity index is 2.25. The predicted octanol–water partition coefficient (Wildman–Crippen LogP) is 5.26. The molecule has 0 aliphatic carbocycles. The van der Waals surface area contributed by atoms with Gasteiger partial charge in [-0.25, -0.2) is 8.78 Å². The Kier molecular flexibility index (Phi) is 5.00. The minimum atomic E-state index is -0.776. The van der Waals surface area contributed by atoms with E-state index in [1.807, 2.05) is 24.3 Å². The van der Waals surface area contributed by atoms with Crippen LogP contribution in [0.4, 0.5) is 8.78 Å². The van der Waals surface area contributed by atoms with E-state index in [2.05, 4.69) is 15.9 Å². The SMILES string of the molecule is COc1cc(F)c(C(Cl)Cc2ccc(Br)cc2)c(F)c1. The Morgan fingerprint density at radius 1 is 1.15 bits per heavy atom. The zero-order valence-corrected chi connectivity index (χ0v) is 13.0. The van der Waals surface area contributed by atoms with E-state index in [1.165, 1.54) is 7.11 Å². The van der Waals surface area contributed by atoms with Crippen LogP contribution in [-0.4, -0.2) is 7.11 Å². The zero-order valence-electron chi connectivity index (χ0n) is 10.7. The minimum Gasteiger partial charge on any atom is -0.497 e. The Morgan fingerprint density at radius 2 is 1.70 bits per heavy atom. The van der Waals surface area contributed by atoms with Crippen molar-refractivity contribution in [1.29, 1.82) is 0 Å². The van der Waals surface area contributed by atoms with Gasteiger partial charge in [-0.05, 0) is 24.1 Å². The Morgan fingerprint density at radius 3 is 2.20 bits per heavy atom. The second kappa shape index (κ2) is 6.55. The maximum absolute atomic E-state index is 13.9. The molecule has 0 saturated heterocycles. The van der Waals surface area contributed by atoms with Crippen LogP contribution < -0.4 is 4.74 Å². The van der Waals surface area contributed by atoms with Crippen LogP contribution >= 0.6 is 27.5 Å². The van der Waals surface area contributed by atoms with Crippen molar-refractivity contribution < 1.29 is 13.5 Å². The number of benzene rings is 2. The summed E-state index contributed by atoms with van der Waals surface area (Å²) in [5.74, 6) is -1.26. The number of halogens is 4. The molecule has 20 heavy (non-hydrogen) atoms. The number of hydrogen-bond acceptors (Lipinski definition) is 1. The van der Waals surface area contributed by atoms with Crippen LogP contribution in [0.2, 0.25) is 0 Å². The van der Waals surface area contributed by atoms with Gasteiger partial charge in [0.25, 0.3) is 0 Å². The zero-order chi connectivity index (χ0) is 14.7. The van der Waals surface area contributed by atoms with Gasteiger partial charge in [-0.1, -0.05) is 28.1 Å². The maximum atomic E-state index is 13.9. The molecule has 5 heteroatoms. The molecule has 2 aromatic carbocycles. The predicted molar refractivity (Wildman–Crippen MR) is 79.4 cm³/mol. The highest BCUT2D eigenvalue weighted by Crippen LogP contribution is 2.32. The topological polar surface area (TPSA) is 9.23 Å². The first-order chi connectivity index (χ1) is 9.51. The smallest absolute Gasteiger partial charge is 0.134 e. The van der Waals surface area contributed by atoms with Gasteiger partial charge >= 0.3 is 0 Å². The van der Waals surface area contributed by atoms with Gasteiger partial charge in [-0.2, -0.15) is 0 Å². The second-order valence-electron chi connectivity index (χ2n) is 4.30. The lowest BCUT2D eigenvalue weighted by atomic mass is 10.0. The van der Waals surface area contributed by atoms with E-state index >= 15 is 0 Å². The molecule has 0 aliphatic rings. The summed E-state index contributed by atoms with van der Waals surface area (Å²) < 4.78 is 33.6. The maximum Gasteiger partial charge on any atom is 0.134 e. The van der Waals surface area contributed by atoms with Crippen molar-refractivity contribution in [1.82, 2.24) is 0 Å². The van der Waals surface area contributed by atoms with Crippen LogP contribution in [0, 0.1) is 11.6 Å². The molecular weight excluding hydrogens is 350 g/mol. The molecule has 2 aromatic rings. The Hall–Kier alpha value is -1.13. The molecule has 2 rings (SSSR count). The third-order valence-electron chi connectivity index (χ3n) is 2.93. The molecule has 0 saturated carbocycles. The van der Waals surface area contributed by atoms with Crippen molar-refractivity contribution in [3.63, 3.8) is 0 Å². The molecule has 1 unspecified atom stereocenters. The van der Waals surface area contributed by atoms with Crippen molar-refractivity contribution in [3.8, 4) is 5.75 Å². The number of hydrogen-bond donors (Lipinski definition) is 0. The average molecular weight is 362 g/mol. The second-order valence-corrected chi connectivity index (χ2v) is 5.75. The van der Waals surface area contributed by atoms with Gasteiger partial charge in [0.05, 0.1) is 12.5 Å². The lowest BCUT2D eigenvalue weighted by molar-refractivity contribution is 0.405. The Bertz CT molecular complexity index is 578. The quantitative estimate of drug-likeness (QED) is 0.675. The molecule has 0 aromatic heterocycles. The molecule has 0 fully saturated rings. The van der Waals surface area contributed by atoms with Gasteiger partial charge in [0.1, 0.15) is 17.4 Å². The molecule has 1 atom stereocenters. The molecule has 0 radical (unpaired) electrons. The molecule has 106 valence electrons. The highest BCUT2D eigenvalue weighted by atomic mass is 79.9. The first-order valence-corrected chi connectivity index (χ1v) is 7.15. The summed E-state index contributed by atoms with van der Waals surface area (Å²) in [6.45, 7) is 0. The lowest BCUT2D eigenvalue weighted by Crippen LogP contribution is -2.03. The van der Waals surface area contributed by atoms with Crippen molar-refractivity contribution in [3.05, 3.63) is 63.6 Å².